The van der Waals surface area contributed by atoms with E-state index < -0.39 is 5.69 Å². The molecule has 2 aromatic rings. The van der Waals surface area contributed by atoms with E-state index in [1.807, 2.05) is 4.90 Å². The lowest BCUT2D eigenvalue weighted by Crippen LogP contribution is -2.47. The highest BCUT2D eigenvalue weighted by Gasteiger charge is 2.32. The summed E-state index contributed by atoms with van der Waals surface area (Å²) in [5.41, 5.74) is 0.168. The molecule has 9 heteroatoms. The molecular formula is C20H27N5O4. The molecule has 2 aromatic heterocycles. The number of aromatic nitrogens is 3. The van der Waals surface area contributed by atoms with Crippen molar-refractivity contribution in [1.82, 2.24) is 23.9 Å². The van der Waals surface area contributed by atoms with E-state index in [-0.39, 0.29) is 23.5 Å². The van der Waals surface area contributed by atoms with Gasteiger partial charge in [0.25, 0.3) is 5.56 Å². The Hall–Kier alpha value is -2.52. The molecule has 1 atom stereocenters. The Morgan fingerprint density at radius 3 is 2.52 bits per heavy atom. The number of carbonyl (C=O) groups is 1. The van der Waals surface area contributed by atoms with Crippen LogP contribution in [-0.2, 0) is 23.6 Å². The molecule has 4 heterocycles. The molecule has 1 amide bonds. The second-order valence-corrected chi connectivity index (χ2v) is 8.03. The van der Waals surface area contributed by atoms with Gasteiger partial charge in [-0.15, -0.1) is 0 Å². The molecule has 29 heavy (non-hydrogen) atoms. The van der Waals surface area contributed by atoms with Crippen molar-refractivity contribution in [1.29, 1.82) is 0 Å². The van der Waals surface area contributed by atoms with E-state index in [2.05, 4.69) is 16.9 Å². The number of pyridine rings is 1. The number of fused-ring (bicyclic) bond motifs is 1. The van der Waals surface area contributed by atoms with Crippen molar-refractivity contribution in [2.24, 2.45) is 20.0 Å². The lowest BCUT2D eigenvalue weighted by Gasteiger charge is -2.37. The molecular weight excluding hydrogens is 374 g/mol. The standard InChI is InChI=1S/C20H27N5O4/c1-22-8-6-13(7-9-22)18(26)25-10-11-29-16(12-25)15-5-4-14-17(21-15)23(2)20(28)24(3)19(14)27/h4-5,13,16H,6-12H2,1-3H3/t16-/m1/s1. The van der Waals surface area contributed by atoms with Gasteiger partial charge in [0.05, 0.1) is 24.2 Å². The third kappa shape index (κ3) is 3.60. The highest BCUT2D eigenvalue weighted by atomic mass is 16.5. The Morgan fingerprint density at radius 2 is 1.79 bits per heavy atom. The number of morpholine rings is 1. The fourth-order valence-electron chi connectivity index (χ4n) is 4.19. The average molecular weight is 401 g/mol. The molecule has 0 spiro atoms. The fraction of sp³-hybridized carbons (Fsp3) is 0.600. The molecule has 0 N–H and O–H groups in total. The molecule has 0 aromatic carbocycles. The first-order valence-corrected chi connectivity index (χ1v) is 10.0. The van der Waals surface area contributed by atoms with Crippen molar-refractivity contribution in [3.8, 4) is 0 Å². The maximum Gasteiger partial charge on any atom is 0.332 e. The summed E-state index contributed by atoms with van der Waals surface area (Å²) >= 11 is 0. The molecule has 4 rings (SSSR count). The zero-order chi connectivity index (χ0) is 20.7. The summed E-state index contributed by atoms with van der Waals surface area (Å²) in [4.78, 5) is 46.2. The van der Waals surface area contributed by atoms with Crippen LogP contribution in [0.4, 0.5) is 0 Å². The third-order valence-electron chi connectivity index (χ3n) is 6.10. The number of aryl methyl sites for hydroxylation is 1. The summed E-state index contributed by atoms with van der Waals surface area (Å²) in [5, 5.41) is 0.383. The van der Waals surface area contributed by atoms with E-state index in [0.717, 1.165) is 30.5 Å². The Kier molecular flexibility index (Phi) is 5.26. The summed E-state index contributed by atoms with van der Waals surface area (Å²) in [6.45, 7) is 3.34. The van der Waals surface area contributed by atoms with Gasteiger partial charge in [-0.2, -0.15) is 0 Å². The molecule has 2 saturated heterocycles. The van der Waals surface area contributed by atoms with Crippen molar-refractivity contribution >= 4 is 16.9 Å². The summed E-state index contributed by atoms with van der Waals surface area (Å²) < 4.78 is 8.32. The first-order chi connectivity index (χ1) is 13.9. The van der Waals surface area contributed by atoms with Crippen molar-refractivity contribution in [2.45, 2.75) is 18.9 Å². The van der Waals surface area contributed by atoms with Crippen molar-refractivity contribution < 1.29 is 9.53 Å². The fourth-order valence-corrected chi connectivity index (χ4v) is 4.19. The highest BCUT2D eigenvalue weighted by molar-refractivity contribution is 5.79. The number of rotatable bonds is 2. The van der Waals surface area contributed by atoms with E-state index in [9.17, 15) is 14.4 Å². The Morgan fingerprint density at radius 1 is 1.07 bits per heavy atom. The van der Waals surface area contributed by atoms with Gasteiger partial charge in [0, 0.05) is 26.6 Å². The van der Waals surface area contributed by atoms with Gasteiger partial charge in [-0.1, -0.05) is 0 Å². The van der Waals surface area contributed by atoms with Gasteiger partial charge < -0.3 is 14.5 Å². The van der Waals surface area contributed by atoms with Crippen LogP contribution < -0.4 is 11.2 Å². The van der Waals surface area contributed by atoms with Crippen LogP contribution in [-0.4, -0.2) is 69.7 Å². The molecule has 0 aliphatic carbocycles. The predicted molar refractivity (Wildman–Crippen MR) is 108 cm³/mol. The van der Waals surface area contributed by atoms with Crippen LogP contribution in [0, 0.1) is 5.92 Å². The lowest BCUT2D eigenvalue weighted by atomic mass is 9.95. The Bertz CT molecular complexity index is 1050. The number of hydrogen-bond donors (Lipinski definition) is 0. The summed E-state index contributed by atoms with van der Waals surface area (Å²) in [6, 6.07) is 3.43. The minimum atomic E-state index is -0.421. The van der Waals surface area contributed by atoms with Crippen molar-refractivity contribution in [2.75, 3.05) is 39.8 Å². The minimum Gasteiger partial charge on any atom is -0.368 e. The normalized spacial score (nSPS) is 21.6. The molecule has 0 radical (unpaired) electrons. The Labute approximate surface area is 168 Å². The number of nitrogens with zero attached hydrogens (tertiary/aromatic N) is 5. The number of hydrogen-bond acceptors (Lipinski definition) is 6. The summed E-state index contributed by atoms with van der Waals surface area (Å²) in [5.74, 6) is 0.256. The molecule has 0 unspecified atom stereocenters. The van der Waals surface area contributed by atoms with Crippen LogP contribution in [0.2, 0.25) is 0 Å². The van der Waals surface area contributed by atoms with Crippen LogP contribution in [0.25, 0.3) is 11.0 Å². The van der Waals surface area contributed by atoms with Gasteiger partial charge in [-0.3, -0.25) is 18.7 Å². The lowest BCUT2D eigenvalue weighted by molar-refractivity contribution is -0.144. The van der Waals surface area contributed by atoms with Gasteiger partial charge in [0.2, 0.25) is 5.91 Å². The second-order valence-electron chi connectivity index (χ2n) is 8.03. The van der Waals surface area contributed by atoms with Crippen LogP contribution in [0.15, 0.2) is 21.7 Å². The van der Waals surface area contributed by atoms with Gasteiger partial charge in [-0.25, -0.2) is 9.78 Å². The number of likely N-dealkylation sites (tertiary alicyclic amines) is 1. The molecule has 9 nitrogen and oxygen atoms in total. The number of piperidine rings is 1. The van der Waals surface area contributed by atoms with E-state index in [1.54, 1.807) is 19.2 Å². The van der Waals surface area contributed by atoms with Gasteiger partial charge >= 0.3 is 5.69 Å². The second kappa shape index (κ2) is 7.72. The zero-order valence-corrected chi connectivity index (χ0v) is 17.1. The number of carbonyl (C=O) groups excluding carboxylic acids is 1. The van der Waals surface area contributed by atoms with E-state index in [4.69, 9.17) is 4.74 Å². The molecule has 0 saturated carbocycles. The maximum atomic E-state index is 13.0. The maximum absolute atomic E-state index is 13.0. The Balaban J connectivity index is 1.58. The van der Waals surface area contributed by atoms with Crippen LogP contribution in [0.5, 0.6) is 0 Å². The predicted octanol–water partition coefficient (Wildman–Crippen LogP) is -0.126. The molecule has 0 bridgehead atoms. The topological polar surface area (TPSA) is 89.7 Å². The molecule has 156 valence electrons. The quantitative estimate of drug-likeness (QED) is 0.697. The first kappa shape index (κ1) is 19.8. The van der Waals surface area contributed by atoms with Crippen LogP contribution >= 0.6 is 0 Å². The van der Waals surface area contributed by atoms with Crippen LogP contribution in [0.1, 0.15) is 24.6 Å². The largest absolute Gasteiger partial charge is 0.368 e. The monoisotopic (exact) mass is 401 g/mol. The van der Waals surface area contributed by atoms with E-state index >= 15 is 0 Å². The minimum absolute atomic E-state index is 0.0679. The zero-order valence-electron chi connectivity index (χ0n) is 17.1. The molecule has 2 aliphatic heterocycles. The smallest absolute Gasteiger partial charge is 0.332 e. The SMILES string of the molecule is CN1CCC(C(=O)N2CCO[C@@H](c3ccc4c(=O)n(C)c(=O)n(C)c4n3)C2)CC1. The first-order valence-electron chi connectivity index (χ1n) is 10.0. The van der Waals surface area contributed by atoms with Gasteiger partial charge in [0.1, 0.15) is 11.8 Å². The average Bonchev–Trinajstić information content (AvgIpc) is 2.76. The number of amides is 1. The summed E-state index contributed by atoms with van der Waals surface area (Å²) in [7, 11) is 5.13. The molecule has 2 fully saturated rings. The van der Waals surface area contributed by atoms with E-state index in [0.29, 0.717) is 36.4 Å². The van der Waals surface area contributed by atoms with Crippen LogP contribution in [0.3, 0.4) is 0 Å². The van der Waals surface area contributed by atoms with Gasteiger partial charge in [0.15, 0.2) is 0 Å². The van der Waals surface area contributed by atoms with Crippen molar-refractivity contribution in [3.05, 3.63) is 38.7 Å². The van der Waals surface area contributed by atoms with Crippen molar-refractivity contribution in [3.63, 3.8) is 0 Å². The molecule has 2 aliphatic rings. The number of ether oxygens (including phenoxy) is 1. The third-order valence-corrected chi connectivity index (χ3v) is 6.10. The van der Waals surface area contributed by atoms with Gasteiger partial charge in [-0.05, 0) is 45.1 Å². The highest BCUT2D eigenvalue weighted by Crippen LogP contribution is 2.25. The summed E-state index contributed by atoms with van der Waals surface area (Å²) in [6.07, 6.45) is 1.40. The van der Waals surface area contributed by atoms with E-state index in [1.165, 1.54) is 11.6 Å².